The molecule has 3 nitrogen and oxygen atoms in total. The average Bonchev–Trinajstić information content (AvgIpc) is 2.65. The quantitative estimate of drug-likeness (QED) is 0.571. The van der Waals surface area contributed by atoms with Gasteiger partial charge in [0.05, 0.1) is 28.9 Å². The van der Waals surface area contributed by atoms with Crippen LogP contribution in [-0.2, 0) is 21.7 Å². The van der Waals surface area contributed by atoms with Crippen LogP contribution in [0.3, 0.4) is 0 Å². The van der Waals surface area contributed by atoms with E-state index in [0.717, 1.165) is 0 Å². The summed E-state index contributed by atoms with van der Waals surface area (Å²) in [5.74, 6) is -0.716. The fourth-order valence-electron chi connectivity index (χ4n) is 2.48. The van der Waals surface area contributed by atoms with Gasteiger partial charge in [-0.1, -0.05) is 0 Å². The molecule has 1 fully saturated rings. The lowest BCUT2D eigenvalue weighted by Gasteiger charge is -2.32. The lowest BCUT2D eigenvalue weighted by molar-refractivity contribution is -0.143. The Morgan fingerprint density at radius 3 is 1.81 bits per heavy atom. The number of hydrogen-bond donors (Lipinski definition) is 0. The number of halogens is 6. The molecule has 0 N–H and O–H groups in total. The summed E-state index contributed by atoms with van der Waals surface area (Å²) in [6.45, 7) is 7.85. The Bertz CT molecular complexity index is 666. The number of ether oxygens (including phenoxy) is 1. The third-order valence-electron chi connectivity index (χ3n) is 4.55. The van der Waals surface area contributed by atoms with Crippen LogP contribution in [0.1, 0.15) is 45.7 Å². The van der Waals surface area contributed by atoms with E-state index in [0.29, 0.717) is 6.07 Å². The summed E-state index contributed by atoms with van der Waals surface area (Å²) in [6, 6.07) is 0.627. The standard InChI is InChI=1S/C16H19BF6O3/c1-6-24-12-10(16(21,22)23)7-9(15(18,19)20)8-11(12)17-25-13(2,3)14(4,5)26-17/h7-8H,6H2,1-5H3. The van der Waals surface area contributed by atoms with Gasteiger partial charge in [-0.05, 0) is 46.8 Å². The second-order valence-electron chi connectivity index (χ2n) is 6.96. The monoisotopic (exact) mass is 384 g/mol. The molecule has 0 radical (unpaired) electrons. The van der Waals surface area contributed by atoms with Crippen molar-refractivity contribution in [1.82, 2.24) is 0 Å². The van der Waals surface area contributed by atoms with E-state index >= 15 is 0 Å². The highest BCUT2D eigenvalue weighted by Crippen LogP contribution is 2.42. The molecular weight excluding hydrogens is 365 g/mol. The molecule has 1 aromatic rings. The van der Waals surface area contributed by atoms with Gasteiger partial charge >= 0.3 is 19.5 Å². The predicted octanol–water partition coefficient (Wildman–Crippen LogP) is 4.42. The molecule has 2 rings (SSSR count). The highest BCUT2D eigenvalue weighted by atomic mass is 19.4. The lowest BCUT2D eigenvalue weighted by atomic mass is 9.76. The summed E-state index contributed by atoms with van der Waals surface area (Å²) >= 11 is 0. The third-order valence-corrected chi connectivity index (χ3v) is 4.55. The van der Waals surface area contributed by atoms with Crippen LogP contribution in [-0.4, -0.2) is 24.9 Å². The Hall–Kier alpha value is -1.42. The van der Waals surface area contributed by atoms with Gasteiger partial charge in [-0.15, -0.1) is 0 Å². The molecule has 0 spiro atoms. The van der Waals surface area contributed by atoms with Crippen LogP contribution < -0.4 is 10.2 Å². The van der Waals surface area contributed by atoms with Crippen molar-refractivity contribution in [3.63, 3.8) is 0 Å². The van der Waals surface area contributed by atoms with Gasteiger partial charge in [-0.3, -0.25) is 0 Å². The summed E-state index contributed by atoms with van der Waals surface area (Å²) in [5.41, 5.74) is -5.27. The van der Waals surface area contributed by atoms with Crippen molar-refractivity contribution >= 4 is 12.6 Å². The molecule has 0 aliphatic carbocycles. The molecule has 0 saturated carbocycles. The Morgan fingerprint density at radius 2 is 1.42 bits per heavy atom. The first-order chi connectivity index (χ1) is 11.6. The maximum atomic E-state index is 13.4. The van der Waals surface area contributed by atoms with Gasteiger partial charge in [0.1, 0.15) is 5.75 Å². The van der Waals surface area contributed by atoms with Crippen LogP contribution in [0.2, 0.25) is 0 Å². The zero-order valence-electron chi connectivity index (χ0n) is 14.9. The van der Waals surface area contributed by atoms with E-state index in [2.05, 4.69) is 0 Å². The molecule has 1 aromatic carbocycles. The van der Waals surface area contributed by atoms with Crippen molar-refractivity contribution in [1.29, 1.82) is 0 Å². The Morgan fingerprint density at radius 1 is 0.923 bits per heavy atom. The van der Waals surface area contributed by atoms with Crippen molar-refractivity contribution in [2.45, 2.75) is 58.2 Å². The Labute approximate surface area is 147 Å². The van der Waals surface area contributed by atoms with Gasteiger partial charge in [0.25, 0.3) is 0 Å². The largest absolute Gasteiger partial charge is 0.498 e. The van der Waals surface area contributed by atoms with Crippen molar-refractivity contribution in [3.8, 4) is 5.75 Å². The normalized spacial score (nSPS) is 19.7. The molecule has 1 aliphatic heterocycles. The second kappa shape index (κ2) is 6.33. The Kier molecular flexibility index (Phi) is 5.09. The van der Waals surface area contributed by atoms with Gasteiger partial charge in [0, 0.05) is 5.46 Å². The molecule has 1 aliphatic rings. The molecule has 0 amide bonds. The lowest BCUT2D eigenvalue weighted by Crippen LogP contribution is -2.41. The van der Waals surface area contributed by atoms with Crippen molar-refractivity contribution in [2.75, 3.05) is 6.61 Å². The van der Waals surface area contributed by atoms with E-state index in [1.807, 2.05) is 0 Å². The van der Waals surface area contributed by atoms with Crippen LogP contribution in [0.4, 0.5) is 26.3 Å². The van der Waals surface area contributed by atoms with E-state index in [1.54, 1.807) is 27.7 Å². The van der Waals surface area contributed by atoms with Crippen LogP contribution in [0.25, 0.3) is 0 Å². The molecule has 146 valence electrons. The number of benzene rings is 1. The molecule has 26 heavy (non-hydrogen) atoms. The predicted molar refractivity (Wildman–Crippen MR) is 83.3 cm³/mol. The zero-order chi connectivity index (χ0) is 20.1. The first kappa shape index (κ1) is 20.9. The molecule has 0 atom stereocenters. The van der Waals surface area contributed by atoms with Crippen LogP contribution in [0.5, 0.6) is 5.75 Å². The summed E-state index contributed by atoms with van der Waals surface area (Å²) in [5, 5.41) is 0. The highest BCUT2D eigenvalue weighted by Gasteiger charge is 2.54. The first-order valence-electron chi connectivity index (χ1n) is 7.91. The molecule has 10 heteroatoms. The maximum Gasteiger partial charge on any atom is 0.498 e. The SMILES string of the molecule is CCOc1c(B2OC(C)(C)C(C)(C)O2)cc(C(F)(F)F)cc1C(F)(F)F. The molecule has 0 bridgehead atoms. The number of rotatable bonds is 3. The smallest absolute Gasteiger partial charge is 0.494 e. The van der Waals surface area contributed by atoms with Crippen LogP contribution in [0.15, 0.2) is 12.1 Å². The van der Waals surface area contributed by atoms with E-state index in [4.69, 9.17) is 14.0 Å². The van der Waals surface area contributed by atoms with Gasteiger partial charge in [-0.2, -0.15) is 26.3 Å². The molecule has 0 aromatic heterocycles. The number of hydrogen-bond acceptors (Lipinski definition) is 3. The van der Waals surface area contributed by atoms with Gasteiger partial charge in [-0.25, -0.2) is 0 Å². The summed E-state index contributed by atoms with van der Waals surface area (Å²) in [6.07, 6.45) is -10.0. The fourth-order valence-corrected chi connectivity index (χ4v) is 2.48. The van der Waals surface area contributed by atoms with Gasteiger partial charge in [0.2, 0.25) is 0 Å². The van der Waals surface area contributed by atoms with E-state index in [-0.39, 0.29) is 12.7 Å². The third kappa shape index (κ3) is 3.81. The van der Waals surface area contributed by atoms with E-state index in [9.17, 15) is 26.3 Å². The molecular formula is C16H19BF6O3. The van der Waals surface area contributed by atoms with Gasteiger partial charge < -0.3 is 14.0 Å². The average molecular weight is 384 g/mol. The second-order valence-corrected chi connectivity index (χ2v) is 6.96. The summed E-state index contributed by atoms with van der Waals surface area (Å²) in [4.78, 5) is 0. The maximum absolute atomic E-state index is 13.4. The zero-order valence-corrected chi connectivity index (χ0v) is 14.9. The van der Waals surface area contributed by atoms with Gasteiger partial charge in [0.15, 0.2) is 0 Å². The molecule has 1 heterocycles. The topological polar surface area (TPSA) is 27.7 Å². The fraction of sp³-hybridized carbons (Fsp3) is 0.625. The minimum Gasteiger partial charge on any atom is -0.494 e. The molecule has 1 saturated heterocycles. The first-order valence-corrected chi connectivity index (χ1v) is 7.91. The molecule has 0 unspecified atom stereocenters. The van der Waals surface area contributed by atoms with Crippen molar-refractivity contribution in [2.24, 2.45) is 0 Å². The van der Waals surface area contributed by atoms with Crippen LogP contribution >= 0.6 is 0 Å². The van der Waals surface area contributed by atoms with E-state index in [1.165, 1.54) is 6.92 Å². The van der Waals surface area contributed by atoms with Crippen LogP contribution in [0, 0.1) is 0 Å². The highest BCUT2D eigenvalue weighted by molar-refractivity contribution is 6.63. The van der Waals surface area contributed by atoms with E-state index < -0.39 is 53.0 Å². The number of alkyl halides is 6. The minimum absolute atomic E-state index is 0.0414. The summed E-state index contributed by atoms with van der Waals surface area (Å²) in [7, 11) is -1.43. The van der Waals surface area contributed by atoms with Crippen molar-refractivity contribution in [3.05, 3.63) is 23.3 Å². The van der Waals surface area contributed by atoms with Crippen molar-refractivity contribution < 1.29 is 40.4 Å². The summed E-state index contributed by atoms with van der Waals surface area (Å²) < 4.78 is 95.9. The minimum atomic E-state index is -5.04. The Balaban J connectivity index is 2.71.